The molecule has 0 spiro atoms. The van der Waals surface area contributed by atoms with Gasteiger partial charge in [0, 0.05) is 41.2 Å². The fourth-order valence-corrected chi connectivity index (χ4v) is 5.17. The van der Waals surface area contributed by atoms with Crippen LogP contribution in [0.4, 0.5) is 0 Å². The summed E-state index contributed by atoms with van der Waals surface area (Å²) in [5, 5.41) is 9.23. The topological polar surface area (TPSA) is 49.0 Å². The third kappa shape index (κ3) is 2.82. The Morgan fingerprint density at radius 3 is 3.17 bits per heavy atom. The monoisotopic (exact) mass is 329 g/mol. The molecule has 0 bridgehead atoms. The lowest BCUT2D eigenvalue weighted by atomic mass is 9.88. The standard InChI is InChI=1S/C18H23N3OS/c1-12-4-5-14-15(11-23-17(14)9-12)18(22)21-8-2-3-13(10-21)16-6-7-19-20-16/h6-7,11-13H,2-5,8-10H2,1H3,(H,19,20)/t12-,13+/m1/s1. The molecule has 5 heteroatoms. The number of carbonyl (C=O) groups is 1. The largest absolute Gasteiger partial charge is 0.338 e. The Balaban J connectivity index is 1.53. The van der Waals surface area contributed by atoms with Crippen molar-refractivity contribution >= 4 is 17.2 Å². The van der Waals surface area contributed by atoms with Crippen LogP contribution < -0.4 is 0 Å². The Hall–Kier alpha value is -1.62. The van der Waals surface area contributed by atoms with Gasteiger partial charge in [-0.15, -0.1) is 11.3 Å². The van der Waals surface area contributed by atoms with E-state index >= 15 is 0 Å². The molecule has 1 saturated heterocycles. The Morgan fingerprint density at radius 1 is 1.43 bits per heavy atom. The van der Waals surface area contributed by atoms with Crippen molar-refractivity contribution in [2.45, 2.75) is 44.9 Å². The summed E-state index contributed by atoms with van der Waals surface area (Å²) in [5.74, 6) is 1.38. The smallest absolute Gasteiger partial charge is 0.255 e. The number of hydrogen-bond acceptors (Lipinski definition) is 3. The second kappa shape index (κ2) is 6.11. The van der Waals surface area contributed by atoms with E-state index in [4.69, 9.17) is 0 Å². The molecule has 0 unspecified atom stereocenters. The first-order chi connectivity index (χ1) is 11.2. The first-order valence-electron chi connectivity index (χ1n) is 8.60. The number of aromatic amines is 1. The van der Waals surface area contributed by atoms with Crippen LogP contribution in [-0.4, -0.2) is 34.1 Å². The summed E-state index contributed by atoms with van der Waals surface area (Å²) >= 11 is 1.78. The van der Waals surface area contributed by atoms with Gasteiger partial charge >= 0.3 is 0 Å². The van der Waals surface area contributed by atoms with Crippen molar-refractivity contribution in [3.63, 3.8) is 0 Å². The highest BCUT2D eigenvalue weighted by molar-refractivity contribution is 7.10. The lowest BCUT2D eigenvalue weighted by molar-refractivity contribution is 0.0705. The van der Waals surface area contributed by atoms with Gasteiger partial charge in [-0.05, 0) is 49.7 Å². The molecule has 0 aromatic carbocycles. The minimum absolute atomic E-state index is 0.237. The zero-order valence-electron chi connectivity index (χ0n) is 13.5. The predicted molar refractivity (Wildman–Crippen MR) is 92.0 cm³/mol. The molecule has 3 heterocycles. The molecule has 1 N–H and O–H groups in total. The van der Waals surface area contributed by atoms with Gasteiger partial charge in [0.2, 0.25) is 0 Å². The molecule has 0 radical (unpaired) electrons. The third-order valence-corrected chi connectivity index (χ3v) is 6.35. The molecule has 1 aliphatic carbocycles. The van der Waals surface area contributed by atoms with Crippen molar-refractivity contribution in [3.05, 3.63) is 39.3 Å². The van der Waals surface area contributed by atoms with Crippen molar-refractivity contribution < 1.29 is 4.79 Å². The van der Waals surface area contributed by atoms with Crippen LogP contribution in [0.15, 0.2) is 17.6 Å². The lowest BCUT2D eigenvalue weighted by Crippen LogP contribution is -2.39. The van der Waals surface area contributed by atoms with E-state index in [9.17, 15) is 4.79 Å². The average molecular weight is 329 g/mol. The Morgan fingerprint density at radius 2 is 2.35 bits per heavy atom. The normalized spacial score (nSPS) is 24.5. The van der Waals surface area contributed by atoms with Crippen LogP contribution in [0.1, 0.15) is 58.6 Å². The van der Waals surface area contributed by atoms with Crippen LogP contribution in [0.2, 0.25) is 0 Å². The van der Waals surface area contributed by atoms with Gasteiger partial charge in [0.1, 0.15) is 0 Å². The van der Waals surface area contributed by atoms with Crippen LogP contribution in [0.25, 0.3) is 0 Å². The zero-order chi connectivity index (χ0) is 15.8. The fourth-order valence-electron chi connectivity index (χ4n) is 3.94. The van der Waals surface area contributed by atoms with Crippen molar-refractivity contribution in [3.8, 4) is 0 Å². The van der Waals surface area contributed by atoms with Gasteiger partial charge in [-0.2, -0.15) is 5.10 Å². The Kier molecular flexibility index (Phi) is 3.97. The van der Waals surface area contributed by atoms with Gasteiger partial charge in [0.05, 0.1) is 5.56 Å². The number of thiophene rings is 1. The van der Waals surface area contributed by atoms with Crippen molar-refractivity contribution in [2.24, 2.45) is 5.92 Å². The maximum Gasteiger partial charge on any atom is 0.255 e. The molecule has 2 atom stereocenters. The zero-order valence-corrected chi connectivity index (χ0v) is 14.4. The number of H-pyrrole nitrogens is 1. The van der Waals surface area contributed by atoms with Crippen LogP contribution in [0.5, 0.6) is 0 Å². The van der Waals surface area contributed by atoms with Crippen molar-refractivity contribution in [1.82, 2.24) is 15.1 Å². The van der Waals surface area contributed by atoms with E-state index in [1.165, 1.54) is 16.9 Å². The molecule has 2 aliphatic rings. The lowest BCUT2D eigenvalue weighted by Gasteiger charge is -2.32. The number of amides is 1. The number of nitrogens with zero attached hydrogens (tertiary/aromatic N) is 2. The number of piperidine rings is 1. The van der Waals surface area contributed by atoms with Gasteiger partial charge in [-0.25, -0.2) is 0 Å². The van der Waals surface area contributed by atoms with Crippen molar-refractivity contribution in [2.75, 3.05) is 13.1 Å². The van der Waals surface area contributed by atoms with E-state index in [2.05, 4.69) is 27.4 Å². The summed E-state index contributed by atoms with van der Waals surface area (Å²) < 4.78 is 0. The average Bonchev–Trinajstić information content (AvgIpc) is 3.23. The molecular formula is C18H23N3OS. The summed E-state index contributed by atoms with van der Waals surface area (Å²) in [5.41, 5.74) is 3.47. The molecule has 4 rings (SSSR count). The minimum atomic E-state index is 0.237. The summed E-state index contributed by atoms with van der Waals surface area (Å²) in [6, 6.07) is 2.03. The summed E-state index contributed by atoms with van der Waals surface area (Å²) in [4.78, 5) is 16.5. The van der Waals surface area contributed by atoms with E-state index in [0.717, 1.165) is 55.9 Å². The van der Waals surface area contributed by atoms with Gasteiger partial charge in [0.25, 0.3) is 5.91 Å². The maximum absolute atomic E-state index is 13.0. The van der Waals surface area contributed by atoms with Gasteiger partial charge in [-0.1, -0.05) is 6.92 Å². The summed E-state index contributed by atoms with van der Waals surface area (Å²) in [7, 11) is 0. The third-order valence-electron chi connectivity index (χ3n) is 5.30. The molecule has 122 valence electrons. The second-order valence-electron chi connectivity index (χ2n) is 7.00. The van der Waals surface area contributed by atoms with E-state index in [1.54, 1.807) is 17.5 Å². The van der Waals surface area contributed by atoms with Gasteiger partial charge < -0.3 is 4.90 Å². The Labute approximate surface area is 140 Å². The Bertz CT molecular complexity index is 691. The number of carbonyl (C=O) groups excluding carboxylic acids is 1. The minimum Gasteiger partial charge on any atom is -0.338 e. The SMILES string of the molecule is C[C@@H]1CCc2c(C(=O)N3CCC[C@H](c4ccn[nH]4)C3)csc2C1. The number of hydrogen-bond donors (Lipinski definition) is 1. The van der Waals surface area contributed by atoms with Gasteiger partial charge in [0.15, 0.2) is 0 Å². The second-order valence-corrected chi connectivity index (χ2v) is 7.97. The fraction of sp³-hybridized carbons (Fsp3) is 0.556. The number of fused-ring (bicyclic) bond motifs is 1. The maximum atomic E-state index is 13.0. The predicted octanol–water partition coefficient (Wildman–Crippen LogP) is 3.62. The van der Waals surface area contributed by atoms with E-state index in [1.807, 2.05) is 6.07 Å². The quantitative estimate of drug-likeness (QED) is 0.915. The first kappa shape index (κ1) is 14.9. The van der Waals surface area contributed by atoms with E-state index in [-0.39, 0.29) is 5.91 Å². The molecule has 1 fully saturated rings. The molecule has 0 saturated carbocycles. The van der Waals surface area contributed by atoms with Crippen LogP contribution in [0.3, 0.4) is 0 Å². The first-order valence-corrected chi connectivity index (χ1v) is 9.48. The van der Waals surface area contributed by atoms with E-state index < -0.39 is 0 Å². The molecule has 1 aliphatic heterocycles. The van der Waals surface area contributed by atoms with Crippen molar-refractivity contribution in [1.29, 1.82) is 0 Å². The van der Waals surface area contributed by atoms with Crippen LogP contribution >= 0.6 is 11.3 Å². The molecule has 23 heavy (non-hydrogen) atoms. The van der Waals surface area contributed by atoms with Crippen LogP contribution in [-0.2, 0) is 12.8 Å². The van der Waals surface area contributed by atoms with E-state index in [0.29, 0.717) is 5.92 Å². The van der Waals surface area contributed by atoms with Gasteiger partial charge in [-0.3, -0.25) is 9.89 Å². The molecular weight excluding hydrogens is 306 g/mol. The highest BCUT2D eigenvalue weighted by atomic mass is 32.1. The number of rotatable bonds is 2. The highest BCUT2D eigenvalue weighted by Gasteiger charge is 2.30. The molecule has 2 aromatic rings. The number of likely N-dealkylation sites (tertiary alicyclic amines) is 1. The van der Waals surface area contributed by atoms with Crippen LogP contribution in [0, 0.1) is 5.92 Å². The molecule has 1 amide bonds. The highest BCUT2D eigenvalue weighted by Crippen LogP contribution is 2.34. The summed E-state index contributed by atoms with van der Waals surface area (Å²) in [6.45, 7) is 4.00. The molecule has 2 aromatic heterocycles. The number of aromatic nitrogens is 2. The molecule has 4 nitrogen and oxygen atoms in total. The summed E-state index contributed by atoms with van der Waals surface area (Å²) in [6.07, 6.45) is 7.42. The number of nitrogens with one attached hydrogen (secondary N) is 1.